The number of furan rings is 1. The number of pyridine rings is 2. The Morgan fingerprint density at radius 3 is 1.99 bits per heavy atom. The van der Waals surface area contributed by atoms with Crippen molar-refractivity contribution in [3.05, 3.63) is 186 Å². The van der Waals surface area contributed by atoms with Crippen molar-refractivity contribution in [1.82, 2.24) is 19.5 Å². The van der Waals surface area contributed by atoms with Gasteiger partial charge in [0.05, 0.1) is 28.1 Å². The summed E-state index contributed by atoms with van der Waals surface area (Å²) in [6, 6.07) is 52.8. The normalized spacial score (nSPS) is 12.8. The Balaban J connectivity index is 0.000000229. The third kappa shape index (κ3) is 11.4. The molecule has 0 bridgehead atoms. The summed E-state index contributed by atoms with van der Waals surface area (Å²) in [5, 5.41) is 1.85. The van der Waals surface area contributed by atoms with Crippen LogP contribution in [-0.2, 0) is 31.9 Å². The van der Waals surface area contributed by atoms with E-state index in [1.807, 2.05) is 69.4 Å². The van der Waals surface area contributed by atoms with E-state index >= 15 is 0 Å². The molecule has 375 valence electrons. The summed E-state index contributed by atoms with van der Waals surface area (Å²) in [5.41, 5.74) is 14.8. The molecular weight excluding hydrogens is 1140 g/mol. The Bertz CT molecular complexity index is 3650. The van der Waals surface area contributed by atoms with Gasteiger partial charge in [0.2, 0.25) is 5.71 Å². The Labute approximate surface area is 451 Å². The molecule has 0 fully saturated rings. The van der Waals surface area contributed by atoms with Gasteiger partial charge in [-0.15, -0.1) is 18.2 Å². The van der Waals surface area contributed by atoms with Gasteiger partial charge < -0.3 is 8.98 Å². The number of hydrogen-bond donors (Lipinski definition) is 0. The van der Waals surface area contributed by atoms with Crippen LogP contribution in [0, 0.1) is 23.4 Å². The third-order valence-electron chi connectivity index (χ3n) is 13.1. The van der Waals surface area contributed by atoms with Crippen molar-refractivity contribution in [1.29, 1.82) is 0 Å². The molecule has 4 heterocycles. The van der Waals surface area contributed by atoms with Gasteiger partial charge >= 0.3 is 160 Å². The molecule has 0 saturated carbocycles. The van der Waals surface area contributed by atoms with Gasteiger partial charge in [-0.05, 0) is 94.8 Å². The molecule has 0 spiro atoms. The molecule has 0 unspecified atom stereocenters. The molecule has 0 aliphatic heterocycles. The fraction of sp³-hybridized carbons (Fsp3) is 0.277. The molecule has 10 aromatic rings. The van der Waals surface area contributed by atoms with Gasteiger partial charge in [0.25, 0.3) is 0 Å². The van der Waals surface area contributed by atoms with Crippen LogP contribution in [0.5, 0.6) is 0 Å². The summed E-state index contributed by atoms with van der Waals surface area (Å²) < 4.78 is 41.4. The summed E-state index contributed by atoms with van der Waals surface area (Å²) in [6.45, 7) is 21.5. The average Bonchev–Trinajstić information content (AvgIpc) is 3.94. The van der Waals surface area contributed by atoms with E-state index in [0.717, 1.165) is 71.4 Å². The maximum absolute atomic E-state index is 13.6. The maximum Gasteiger partial charge on any atom is 0 e. The second kappa shape index (κ2) is 21.1. The number of rotatable bonds is 9. The van der Waals surface area contributed by atoms with Crippen molar-refractivity contribution in [2.24, 2.45) is 5.41 Å². The number of aromatic nitrogens is 4. The third-order valence-corrected chi connectivity index (χ3v) is 17.4. The molecule has 0 amide bonds. The number of fused-ring (bicyclic) bond motifs is 4. The van der Waals surface area contributed by atoms with Crippen LogP contribution in [0.15, 0.2) is 150 Å². The minimum atomic E-state index is -2.29. The van der Waals surface area contributed by atoms with Crippen LogP contribution in [0.2, 0.25) is 17.3 Å². The summed E-state index contributed by atoms with van der Waals surface area (Å²) in [4.78, 5) is 14.8. The molecule has 6 aromatic carbocycles. The number of imidazole rings is 1. The molecule has 0 N–H and O–H groups in total. The van der Waals surface area contributed by atoms with Crippen LogP contribution in [-0.4, -0.2) is 32.8 Å². The van der Waals surface area contributed by atoms with Gasteiger partial charge in [0.1, 0.15) is 5.82 Å². The van der Waals surface area contributed by atoms with Crippen LogP contribution in [0.25, 0.3) is 83.8 Å². The van der Waals surface area contributed by atoms with E-state index < -0.39 is 25.1 Å². The maximum atomic E-state index is 13.6. The molecule has 73 heavy (non-hydrogen) atoms. The number of halogens is 1. The number of benzene rings is 6. The standard InChI is InChI=1S/C42H33FN3O.C23H34GeN.Ir/c1-25(2)34-23-29(27-11-6-5-7-12-27)24-35(26(3)4)39(34)46-38-16-9-8-15-37(38)44-41(46)33-14-10-13-31-32-21-22-36(45-42(32)47-40(31)33)28-17-19-30(43)20-18-28;1-22(2,3)15-18-14-21(25-16-20(18)24(7,8)9)17-11-10-12-19(13-17)23(4,5)6;/h5-13,15-26H,1-4H3;10,12-14,16H,15H2,1-9H3;/q2*-1;/i;15D2;. The van der Waals surface area contributed by atoms with Gasteiger partial charge in [-0.1, -0.05) is 81.1 Å². The monoisotopic (exact) mass is 1210 g/mol. The predicted molar refractivity (Wildman–Crippen MR) is 303 cm³/mol. The van der Waals surface area contributed by atoms with E-state index in [1.54, 1.807) is 12.1 Å². The van der Waals surface area contributed by atoms with E-state index in [2.05, 4.69) is 155 Å². The fourth-order valence-electron chi connectivity index (χ4n) is 9.39. The first-order valence-corrected chi connectivity index (χ1v) is 32.5. The van der Waals surface area contributed by atoms with Gasteiger partial charge in [0.15, 0.2) is 0 Å². The largest absolute Gasteiger partial charge is 0 e. The first-order valence-electron chi connectivity index (χ1n) is 26.2. The van der Waals surface area contributed by atoms with E-state index in [0.29, 0.717) is 11.3 Å². The zero-order valence-electron chi connectivity index (χ0n) is 46.4. The van der Waals surface area contributed by atoms with Crippen LogP contribution < -0.4 is 4.40 Å². The van der Waals surface area contributed by atoms with Gasteiger partial charge in [0, 0.05) is 36.7 Å². The Morgan fingerprint density at radius 2 is 1.34 bits per heavy atom. The first kappa shape index (κ1) is 50.5. The van der Waals surface area contributed by atoms with E-state index in [9.17, 15) is 4.39 Å². The Kier molecular flexibility index (Phi) is 14.6. The Morgan fingerprint density at radius 1 is 0.685 bits per heavy atom. The van der Waals surface area contributed by atoms with Crippen LogP contribution >= 0.6 is 0 Å². The number of para-hydroxylation sites is 2. The molecule has 8 heteroatoms. The molecule has 1 radical (unpaired) electrons. The van der Waals surface area contributed by atoms with Crippen molar-refractivity contribution < 1.29 is 31.7 Å². The second-order valence-electron chi connectivity index (χ2n) is 22.7. The van der Waals surface area contributed by atoms with Crippen molar-refractivity contribution >= 4 is 50.8 Å². The Hall–Kier alpha value is -5.99. The zero-order valence-corrected chi connectivity index (χ0v) is 48.9. The summed E-state index contributed by atoms with van der Waals surface area (Å²) in [7, 11) is 0. The molecule has 0 aliphatic rings. The van der Waals surface area contributed by atoms with Gasteiger partial charge in [-0.3, -0.25) is 4.98 Å². The molecule has 0 aliphatic carbocycles. The smallest absolute Gasteiger partial charge is 0 e. The van der Waals surface area contributed by atoms with E-state index in [1.165, 1.54) is 39.9 Å². The van der Waals surface area contributed by atoms with Gasteiger partial charge in [-0.2, -0.15) is 0 Å². The van der Waals surface area contributed by atoms with Crippen molar-refractivity contribution in [3.63, 3.8) is 0 Å². The summed E-state index contributed by atoms with van der Waals surface area (Å²) >= 11 is -2.29. The van der Waals surface area contributed by atoms with Crippen LogP contribution in [0.1, 0.15) is 106 Å². The minimum absolute atomic E-state index is 0. The van der Waals surface area contributed by atoms with Crippen LogP contribution in [0.4, 0.5) is 4.39 Å². The fourth-order valence-corrected chi connectivity index (χ4v) is 12.3. The quantitative estimate of drug-likeness (QED) is 0.107. The van der Waals surface area contributed by atoms with E-state index in [4.69, 9.17) is 22.1 Å². The molecule has 0 saturated heterocycles. The summed E-state index contributed by atoms with van der Waals surface area (Å²) in [5.74, 6) is 7.88. The average molecular weight is 1210 g/mol. The first-order chi connectivity index (χ1) is 34.9. The number of nitrogens with zero attached hydrogens (tertiary/aromatic N) is 4. The second-order valence-corrected chi connectivity index (χ2v) is 33.2. The molecule has 10 rings (SSSR count). The van der Waals surface area contributed by atoms with Crippen molar-refractivity contribution in [2.45, 2.75) is 110 Å². The predicted octanol–water partition coefficient (Wildman–Crippen LogP) is 17.5. The summed E-state index contributed by atoms with van der Waals surface area (Å²) in [6.07, 6.45) is 0.506. The zero-order chi connectivity index (χ0) is 53.1. The minimum Gasteiger partial charge on any atom is 0 e. The van der Waals surface area contributed by atoms with Crippen LogP contribution in [0.3, 0.4) is 0 Å². The SMILES string of the molecule is CC(C)c1cc(-c2ccccc2)cc(C(C)C)c1-n1c(-c2[c-]ccc3c2oc2nc(-c4ccc(F)cc4)ccc23)nc2ccccc21.[2H]C([2H])(c1cc(-c2[c-]ccc(C(C)(C)C)c2)nc[c]1[Ge]([CH3])([CH3])[CH3])C(C)(C)C.[Ir]. The molecule has 4 aromatic heterocycles. The van der Waals surface area contributed by atoms with Crippen molar-refractivity contribution in [3.8, 4) is 50.7 Å². The molecule has 5 nitrogen and oxygen atoms in total. The number of hydrogen-bond acceptors (Lipinski definition) is 4. The molecule has 0 atom stereocenters. The van der Waals surface area contributed by atoms with E-state index in [-0.39, 0.29) is 43.2 Å². The topological polar surface area (TPSA) is 56.7 Å². The van der Waals surface area contributed by atoms with Gasteiger partial charge in [-0.25, -0.2) is 9.37 Å². The van der Waals surface area contributed by atoms with Crippen molar-refractivity contribution in [2.75, 3.05) is 0 Å². The molecular formula is C65H67FGeIrN4O-2.